The second kappa shape index (κ2) is 7.28. The van der Waals surface area contributed by atoms with Crippen molar-refractivity contribution in [2.75, 3.05) is 19.0 Å². The number of hydrogen-bond acceptors (Lipinski definition) is 5. The van der Waals surface area contributed by atoms with E-state index in [-0.39, 0.29) is 0 Å². The lowest BCUT2D eigenvalue weighted by molar-refractivity contribution is 0.228. The molecule has 0 saturated heterocycles. The Morgan fingerprint density at radius 1 is 1.21 bits per heavy atom. The third kappa shape index (κ3) is 3.25. The number of benzene rings is 2. The first-order valence-electron chi connectivity index (χ1n) is 9.11. The molecule has 1 atom stereocenters. The fourth-order valence-electron chi connectivity index (χ4n) is 3.49. The van der Waals surface area contributed by atoms with E-state index in [0.717, 1.165) is 33.8 Å². The molecule has 1 unspecified atom stereocenters. The summed E-state index contributed by atoms with van der Waals surface area (Å²) in [5.74, 6) is 0.503. The van der Waals surface area contributed by atoms with E-state index < -0.39 is 6.23 Å². The van der Waals surface area contributed by atoms with Crippen LogP contribution in [-0.2, 0) is 0 Å². The topological polar surface area (TPSA) is 80.1 Å². The van der Waals surface area contributed by atoms with E-state index in [2.05, 4.69) is 11.2 Å². The largest absolute Gasteiger partial charge is 0.453 e. The number of nitriles is 1. The van der Waals surface area contributed by atoms with Gasteiger partial charge in [-0.3, -0.25) is 5.73 Å². The van der Waals surface area contributed by atoms with Gasteiger partial charge in [0.25, 0.3) is 0 Å². The predicted octanol–water partition coefficient (Wildman–Crippen LogP) is 3.90. The molecule has 29 heavy (non-hydrogen) atoms. The molecule has 1 aromatic heterocycles. The number of ether oxygens (including phenoxy) is 1. The molecule has 0 fully saturated rings. The predicted molar refractivity (Wildman–Crippen MR) is 114 cm³/mol. The quantitative estimate of drug-likeness (QED) is 0.714. The lowest BCUT2D eigenvalue weighted by Gasteiger charge is -2.25. The molecule has 0 saturated carbocycles. The molecule has 0 amide bonds. The number of hydrogen-bond donors (Lipinski definition) is 1. The molecule has 6 nitrogen and oxygen atoms in total. The van der Waals surface area contributed by atoms with E-state index in [1.165, 1.54) is 0 Å². The highest BCUT2D eigenvalue weighted by molar-refractivity contribution is 6.30. The summed E-state index contributed by atoms with van der Waals surface area (Å²) in [6.45, 7) is 1.89. The van der Waals surface area contributed by atoms with Gasteiger partial charge >= 0.3 is 0 Å². The van der Waals surface area contributed by atoms with Crippen molar-refractivity contribution in [1.29, 1.82) is 5.26 Å². The van der Waals surface area contributed by atoms with Crippen LogP contribution in [0, 0.1) is 18.3 Å². The second-order valence-electron chi connectivity index (χ2n) is 7.04. The smallest absolute Gasteiger partial charge is 0.226 e. The summed E-state index contributed by atoms with van der Waals surface area (Å²) in [5.41, 5.74) is 11.6. The molecule has 0 aliphatic carbocycles. The second-order valence-corrected chi connectivity index (χ2v) is 7.47. The Hall–Kier alpha value is -3.27. The van der Waals surface area contributed by atoms with E-state index in [4.69, 9.17) is 22.1 Å². The molecule has 4 rings (SSSR count). The van der Waals surface area contributed by atoms with Crippen LogP contribution in [0.1, 0.15) is 16.8 Å². The molecule has 0 radical (unpaired) electrons. The van der Waals surface area contributed by atoms with Crippen molar-refractivity contribution in [2.24, 2.45) is 5.73 Å². The van der Waals surface area contributed by atoms with Gasteiger partial charge in [0.2, 0.25) is 5.88 Å². The fraction of sp³-hybridized carbons (Fsp3) is 0.182. The Bertz CT molecular complexity index is 1150. The summed E-state index contributed by atoms with van der Waals surface area (Å²) in [6, 6.07) is 17.6. The third-order valence-electron chi connectivity index (χ3n) is 4.91. The first-order chi connectivity index (χ1) is 13.9. The van der Waals surface area contributed by atoms with Gasteiger partial charge in [-0.1, -0.05) is 29.8 Å². The molecule has 0 spiro atoms. The molecule has 2 heterocycles. The molecule has 7 heteroatoms. The molecule has 146 valence electrons. The van der Waals surface area contributed by atoms with Crippen molar-refractivity contribution in [2.45, 2.75) is 13.2 Å². The number of rotatable bonds is 3. The summed E-state index contributed by atoms with van der Waals surface area (Å²) < 4.78 is 7.62. The lowest BCUT2D eigenvalue weighted by atomic mass is 9.91. The average Bonchev–Trinajstić information content (AvgIpc) is 3.03. The zero-order valence-corrected chi connectivity index (χ0v) is 17.1. The SMILES string of the molecule is Cc1nn(-c2cccc(Cl)c2)c2c1C(c1ccc(N(C)C)cc1)=C(C#N)C(N)O2. The molecular weight excluding hydrogens is 386 g/mol. The number of anilines is 1. The highest BCUT2D eigenvalue weighted by atomic mass is 35.5. The molecule has 1 aliphatic rings. The zero-order valence-electron chi connectivity index (χ0n) is 16.3. The number of fused-ring (bicyclic) bond motifs is 1. The zero-order chi connectivity index (χ0) is 20.7. The minimum Gasteiger partial charge on any atom is -0.453 e. The summed E-state index contributed by atoms with van der Waals surface area (Å²) in [7, 11) is 3.97. The van der Waals surface area contributed by atoms with Crippen molar-refractivity contribution in [1.82, 2.24) is 9.78 Å². The Morgan fingerprint density at radius 3 is 2.55 bits per heavy atom. The summed E-state index contributed by atoms with van der Waals surface area (Å²) in [4.78, 5) is 2.02. The normalized spacial score (nSPS) is 15.5. The van der Waals surface area contributed by atoms with Gasteiger partial charge in [-0.05, 0) is 42.8 Å². The first-order valence-corrected chi connectivity index (χ1v) is 9.48. The number of nitrogens with two attached hydrogens (primary N) is 1. The van der Waals surface area contributed by atoms with Crippen LogP contribution >= 0.6 is 11.6 Å². The average molecular weight is 406 g/mol. The highest BCUT2D eigenvalue weighted by Gasteiger charge is 2.33. The Labute approximate surface area is 174 Å². The van der Waals surface area contributed by atoms with E-state index in [1.807, 2.05) is 62.3 Å². The maximum absolute atomic E-state index is 9.79. The number of nitrogens with zero attached hydrogens (tertiary/aromatic N) is 4. The van der Waals surface area contributed by atoms with Crippen LogP contribution in [0.25, 0.3) is 11.3 Å². The lowest BCUT2D eigenvalue weighted by Crippen LogP contribution is -2.33. The van der Waals surface area contributed by atoms with Crippen molar-refractivity contribution < 1.29 is 4.74 Å². The molecule has 2 N–H and O–H groups in total. The highest BCUT2D eigenvalue weighted by Crippen LogP contribution is 2.42. The molecule has 0 bridgehead atoms. The minimum atomic E-state index is -0.884. The van der Waals surface area contributed by atoms with Crippen LogP contribution in [-0.4, -0.2) is 30.1 Å². The van der Waals surface area contributed by atoms with Crippen LogP contribution < -0.4 is 15.4 Å². The molecular formula is C22H20ClN5O. The van der Waals surface area contributed by atoms with Gasteiger partial charge < -0.3 is 9.64 Å². The Balaban J connectivity index is 1.94. The minimum absolute atomic E-state index is 0.379. The maximum atomic E-state index is 9.79. The van der Waals surface area contributed by atoms with Crippen LogP contribution in [0.2, 0.25) is 5.02 Å². The first kappa shape index (κ1) is 19.1. The van der Waals surface area contributed by atoms with Gasteiger partial charge in [0.15, 0.2) is 6.23 Å². The summed E-state index contributed by atoms with van der Waals surface area (Å²) >= 11 is 6.16. The summed E-state index contributed by atoms with van der Waals surface area (Å²) in [5, 5.41) is 15.0. The van der Waals surface area contributed by atoms with Crippen molar-refractivity contribution in [3.63, 3.8) is 0 Å². The van der Waals surface area contributed by atoms with Gasteiger partial charge in [-0.2, -0.15) is 10.4 Å². The van der Waals surface area contributed by atoms with Gasteiger partial charge in [0.05, 0.1) is 22.5 Å². The van der Waals surface area contributed by atoms with E-state index in [1.54, 1.807) is 16.8 Å². The molecule has 1 aliphatic heterocycles. The van der Waals surface area contributed by atoms with Crippen molar-refractivity contribution in [3.8, 4) is 17.6 Å². The maximum Gasteiger partial charge on any atom is 0.226 e. The Morgan fingerprint density at radius 2 is 1.93 bits per heavy atom. The monoisotopic (exact) mass is 405 g/mol. The van der Waals surface area contributed by atoms with Crippen molar-refractivity contribution >= 4 is 22.9 Å². The van der Waals surface area contributed by atoms with Gasteiger partial charge in [-0.25, -0.2) is 4.68 Å². The van der Waals surface area contributed by atoms with E-state index in [0.29, 0.717) is 16.5 Å². The van der Waals surface area contributed by atoms with E-state index >= 15 is 0 Å². The fourth-order valence-corrected chi connectivity index (χ4v) is 3.67. The van der Waals surface area contributed by atoms with Crippen LogP contribution in [0.4, 0.5) is 5.69 Å². The standard InChI is InChI=1S/C22H20ClN5O/c1-13-19-20(14-7-9-16(10-8-14)27(2)3)18(12-24)21(25)29-22(19)28(26-13)17-6-4-5-15(23)11-17/h4-11,21H,25H2,1-3H3. The Kier molecular flexibility index (Phi) is 4.79. The number of halogens is 1. The third-order valence-corrected chi connectivity index (χ3v) is 5.14. The van der Waals surface area contributed by atoms with Gasteiger partial charge in [-0.15, -0.1) is 0 Å². The van der Waals surface area contributed by atoms with Crippen LogP contribution in [0.15, 0.2) is 54.1 Å². The number of aryl methyl sites for hydroxylation is 1. The van der Waals surface area contributed by atoms with E-state index in [9.17, 15) is 5.26 Å². The molecule has 2 aromatic carbocycles. The van der Waals surface area contributed by atoms with Gasteiger partial charge in [0.1, 0.15) is 6.07 Å². The molecule has 3 aromatic rings. The van der Waals surface area contributed by atoms with Gasteiger partial charge in [0, 0.05) is 30.4 Å². The van der Waals surface area contributed by atoms with Crippen LogP contribution in [0.3, 0.4) is 0 Å². The summed E-state index contributed by atoms with van der Waals surface area (Å²) in [6.07, 6.45) is -0.884. The van der Waals surface area contributed by atoms with Crippen molar-refractivity contribution in [3.05, 3.63) is 75.9 Å². The number of aromatic nitrogens is 2. The van der Waals surface area contributed by atoms with Crippen LogP contribution in [0.5, 0.6) is 5.88 Å².